The second-order valence-corrected chi connectivity index (χ2v) is 7.35. The number of hydrogen-bond donors (Lipinski definition) is 2. The van der Waals surface area contributed by atoms with Crippen molar-refractivity contribution in [1.82, 2.24) is 15.5 Å². The first-order valence-electron chi connectivity index (χ1n) is 10.1. The third-order valence-corrected chi connectivity index (χ3v) is 5.21. The van der Waals surface area contributed by atoms with Crippen molar-refractivity contribution in [3.05, 3.63) is 23.8 Å². The lowest BCUT2D eigenvalue weighted by Crippen LogP contribution is -2.37. The van der Waals surface area contributed by atoms with Crippen molar-refractivity contribution < 1.29 is 14.3 Å². The van der Waals surface area contributed by atoms with Gasteiger partial charge in [-0.05, 0) is 75.4 Å². The molecule has 152 valence electrons. The molecule has 0 saturated carbocycles. The lowest BCUT2D eigenvalue weighted by molar-refractivity contribution is 0.189. The van der Waals surface area contributed by atoms with Crippen LogP contribution in [0.1, 0.15) is 38.2 Å². The van der Waals surface area contributed by atoms with Crippen molar-refractivity contribution in [3.8, 4) is 11.5 Å². The van der Waals surface area contributed by atoms with Crippen molar-refractivity contribution in [3.63, 3.8) is 0 Å². The molecule has 1 saturated heterocycles. The van der Waals surface area contributed by atoms with Gasteiger partial charge in [0.15, 0.2) is 11.5 Å². The van der Waals surface area contributed by atoms with E-state index in [1.54, 1.807) is 14.2 Å². The number of likely N-dealkylation sites (tertiary alicyclic amines) is 1. The molecule has 0 spiro atoms. The highest BCUT2D eigenvalue weighted by Crippen LogP contribution is 2.27. The molecule has 2 amide bonds. The van der Waals surface area contributed by atoms with E-state index in [1.165, 1.54) is 25.9 Å². The summed E-state index contributed by atoms with van der Waals surface area (Å²) in [6.07, 6.45) is 5.55. The van der Waals surface area contributed by atoms with Gasteiger partial charge >= 0.3 is 6.03 Å². The van der Waals surface area contributed by atoms with Gasteiger partial charge in [-0.3, -0.25) is 0 Å². The molecule has 2 N–H and O–H groups in total. The molecule has 0 unspecified atom stereocenters. The fourth-order valence-corrected chi connectivity index (χ4v) is 3.37. The molecule has 27 heavy (non-hydrogen) atoms. The molecule has 0 aliphatic carbocycles. The van der Waals surface area contributed by atoms with E-state index < -0.39 is 0 Å². The molecule has 1 fully saturated rings. The number of carbonyl (C=O) groups is 1. The lowest BCUT2D eigenvalue weighted by atomic mass is 9.99. The van der Waals surface area contributed by atoms with Gasteiger partial charge in [-0.25, -0.2) is 4.79 Å². The van der Waals surface area contributed by atoms with Crippen LogP contribution in [-0.4, -0.2) is 57.9 Å². The Morgan fingerprint density at radius 3 is 2.48 bits per heavy atom. The molecular weight excluding hydrogens is 342 g/mol. The Balaban J connectivity index is 1.53. The van der Waals surface area contributed by atoms with E-state index in [-0.39, 0.29) is 6.03 Å². The molecule has 1 aliphatic rings. The Kier molecular flexibility index (Phi) is 9.25. The van der Waals surface area contributed by atoms with Gasteiger partial charge in [-0.15, -0.1) is 0 Å². The number of piperidine rings is 1. The molecule has 0 bridgehead atoms. The van der Waals surface area contributed by atoms with Crippen LogP contribution in [0.2, 0.25) is 0 Å². The maximum absolute atomic E-state index is 11.9. The highest BCUT2D eigenvalue weighted by Gasteiger charge is 2.14. The normalized spacial score (nSPS) is 15.4. The number of unbranched alkanes of at least 4 members (excludes halogenated alkanes) is 1. The Morgan fingerprint density at radius 1 is 1.07 bits per heavy atom. The maximum Gasteiger partial charge on any atom is 0.314 e. The number of carbonyl (C=O) groups excluding carboxylic acids is 1. The highest BCUT2D eigenvalue weighted by molar-refractivity contribution is 5.73. The van der Waals surface area contributed by atoms with Crippen molar-refractivity contribution in [2.24, 2.45) is 5.92 Å². The number of rotatable bonds is 10. The van der Waals surface area contributed by atoms with Gasteiger partial charge in [0.05, 0.1) is 14.2 Å². The number of hydrogen-bond acceptors (Lipinski definition) is 4. The standard InChI is InChI=1S/C21H35N3O3/c1-17-9-14-24(15-10-17)13-5-4-11-22-21(25)23-12-8-18-6-7-19(26-2)20(16-18)27-3/h6-7,16-17H,4-5,8-15H2,1-3H3,(H2,22,23,25). The first-order valence-corrected chi connectivity index (χ1v) is 10.1. The summed E-state index contributed by atoms with van der Waals surface area (Å²) < 4.78 is 10.5. The minimum Gasteiger partial charge on any atom is -0.493 e. The molecule has 1 aromatic rings. The van der Waals surface area contributed by atoms with Crippen molar-refractivity contribution in [2.45, 2.75) is 39.0 Å². The fourth-order valence-electron chi connectivity index (χ4n) is 3.37. The van der Waals surface area contributed by atoms with Crippen molar-refractivity contribution in [2.75, 3.05) is 46.9 Å². The van der Waals surface area contributed by atoms with Gasteiger partial charge in [0.25, 0.3) is 0 Å². The van der Waals surface area contributed by atoms with E-state index in [4.69, 9.17) is 9.47 Å². The summed E-state index contributed by atoms with van der Waals surface area (Å²) in [7, 11) is 3.25. The molecule has 1 heterocycles. The number of ether oxygens (including phenoxy) is 2. The number of benzene rings is 1. The van der Waals surface area contributed by atoms with Crippen LogP contribution in [0.4, 0.5) is 4.79 Å². The summed E-state index contributed by atoms with van der Waals surface area (Å²) in [6, 6.07) is 5.72. The first-order chi connectivity index (χ1) is 13.1. The fraction of sp³-hybridized carbons (Fsp3) is 0.667. The average Bonchev–Trinajstić information content (AvgIpc) is 2.69. The number of amides is 2. The maximum atomic E-state index is 11.9. The Morgan fingerprint density at radius 2 is 1.78 bits per heavy atom. The zero-order chi connectivity index (χ0) is 19.5. The van der Waals surface area contributed by atoms with Crippen molar-refractivity contribution in [1.29, 1.82) is 0 Å². The van der Waals surface area contributed by atoms with E-state index in [9.17, 15) is 4.79 Å². The smallest absolute Gasteiger partial charge is 0.314 e. The Labute approximate surface area is 163 Å². The van der Waals surface area contributed by atoms with Crippen LogP contribution in [0.5, 0.6) is 11.5 Å². The molecule has 2 rings (SSSR count). The Hall–Kier alpha value is -1.95. The van der Waals surface area contributed by atoms with Gasteiger partial charge in [0.1, 0.15) is 0 Å². The quantitative estimate of drug-likeness (QED) is 0.615. The van der Waals surface area contributed by atoms with Crippen LogP contribution < -0.4 is 20.1 Å². The van der Waals surface area contributed by atoms with Crippen LogP contribution in [0.3, 0.4) is 0 Å². The topological polar surface area (TPSA) is 62.8 Å². The molecular formula is C21H35N3O3. The molecule has 6 heteroatoms. The van der Waals surface area contributed by atoms with Gasteiger partial charge in [0.2, 0.25) is 0 Å². The summed E-state index contributed by atoms with van der Waals surface area (Å²) >= 11 is 0. The second-order valence-electron chi connectivity index (χ2n) is 7.35. The summed E-state index contributed by atoms with van der Waals surface area (Å²) in [6.45, 7) is 7.26. The van der Waals surface area contributed by atoms with Crippen LogP contribution in [0.15, 0.2) is 18.2 Å². The van der Waals surface area contributed by atoms with Gasteiger partial charge in [-0.2, -0.15) is 0 Å². The van der Waals surface area contributed by atoms with E-state index in [0.717, 1.165) is 43.8 Å². The third kappa shape index (κ3) is 7.67. The molecule has 1 aromatic carbocycles. The van der Waals surface area contributed by atoms with Crippen LogP contribution in [0.25, 0.3) is 0 Å². The SMILES string of the molecule is COc1ccc(CCNC(=O)NCCCCN2CCC(C)CC2)cc1OC. The first kappa shape index (κ1) is 21.4. The number of nitrogens with zero attached hydrogens (tertiary/aromatic N) is 1. The number of urea groups is 1. The molecule has 1 aliphatic heterocycles. The van der Waals surface area contributed by atoms with Gasteiger partial charge < -0.3 is 25.0 Å². The minimum absolute atomic E-state index is 0.0951. The summed E-state index contributed by atoms with van der Waals surface area (Å²) in [5.74, 6) is 2.30. The van der Waals surface area contributed by atoms with Crippen LogP contribution in [0, 0.1) is 5.92 Å². The van der Waals surface area contributed by atoms with Crippen molar-refractivity contribution >= 4 is 6.03 Å². The zero-order valence-corrected chi connectivity index (χ0v) is 17.1. The van der Waals surface area contributed by atoms with Crippen LogP contribution >= 0.6 is 0 Å². The number of methoxy groups -OCH3 is 2. The summed E-state index contributed by atoms with van der Waals surface area (Å²) in [4.78, 5) is 14.4. The van der Waals surface area contributed by atoms with E-state index in [2.05, 4.69) is 22.5 Å². The summed E-state index contributed by atoms with van der Waals surface area (Å²) in [5, 5.41) is 5.85. The monoisotopic (exact) mass is 377 g/mol. The molecule has 6 nitrogen and oxygen atoms in total. The van der Waals surface area contributed by atoms with Gasteiger partial charge in [-0.1, -0.05) is 13.0 Å². The zero-order valence-electron chi connectivity index (χ0n) is 17.1. The van der Waals surface area contributed by atoms with Crippen LogP contribution in [-0.2, 0) is 6.42 Å². The Bertz CT molecular complexity index is 572. The summed E-state index contributed by atoms with van der Waals surface area (Å²) in [5.41, 5.74) is 1.10. The predicted octanol–water partition coefficient (Wildman–Crippen LogP) is 3.06. The third-order valence-electron chi connectivity index (χ3n) is 5.21. The highest BCUT2D eigenvalue weighted by atomic mass is 16.5. The lowest BCUT2D eigenvalue weighted by Gasteiger charge is -2.30. The largest absolute Gasteiger partial charge is 0.493 e. The molecule has 0 radical (unpaired) electrons. The predicted molar refractivity (Wildman–Crippen MR) is 109 cm³/mol. The van der Waals surface area contributed by atoms with Gasteiger partial charge in [0, 0.05) is 13.1 Å². The second kappa shape index (κ2) is 11.7. The average molecular weight is 378 g/mol. The minimum atomic E-state index is -0.0951. The van der Waals surface area contributed by atoms with E-state index >= 15 is 0 Å². The molecule has 0 aromatic heterocycles. The number of nitrogens with one attached hydrogen (secondary N) is 2. The molecule has 0 atom stereocenters. The van der Waals surface area contributed by atoms with E-state index in [0.29, 0.717) is 18.0 Å². The van der Waals surface area contributed by atoms with E-state index in [1.807, 2.05) is 18.2 Å².